The van der Waals surface area contributed by atoms with Gasteiger partial charge in [0.25, 0.3) is 0 Å². The van der Waals surface area contributed by atoms with E-state index in [1.165, 1.54) is 6.42 Å². The number of hydrogen-bond donors (Lipinski definition) is 0. The number of rotatable bonds is 1. The van der Waals surface area contributed by atoms with Crippen LogP contribution in [0.1, 0.15) is 39.0 Å². The summed E-state index contributed by atoms with van der Waals surface area (Å²) < 4.78 is 5.36. The molecule has 13 heavy (non-hydrogen) atoms. The minimum Gasteiger partial charge on any atom is -0.381 e. The number of fused-ring (bicyclic) bond motifs is 1. The minimum atomic E-state index is -0.0427. The molecule has 2 fully saturated rings. The van der Waals surface area contributed by atoms with E-state index in [2.05, 4.69) is 6.92 Å². The van der Waals surface area contributed by atoms with E-state index in [-0.39, 0.29) is 5.41 Å². The van der Waals surface area contributed by atoms with Gasteiger partial charge in [0, 0.05) is 18.9 Å². The van der Waals surface area contributed by atoms with Crippen molar-refractivity contribution >= 4 is 5.78 Å². The van der Waals surface area contributed by atoms with Crippen molar-refractivity contribution in [2.75, 3.05) is 7.11 Å². The lowest BCUT2D eigenvalue weighted by atomic mass is 9.69. The van der Waals surface area contributed by atoms with Crippen molar-refractivity contribution in [1.82, 2.24) is 0 Å². The summed E-state index contributed by atoms with van der Waals surface area (Å²) >= 11 is 0. The Kier molecular flexibility index (Phi) is 2.18. The van der Waals surface area contributed by atoms with Crippen LogP contribution in [-0.2, 0) is 9.53 Å². The largest absolute Gasteiger partial charge is 0.381 e. The molecule has 2 nitrogen and oxygen atoms in total. The van der Waals surface area contributed by atoms with Gasteiger partial charge in [0.15, 0.2) is 0 Å². The molecule has 2 saturated carbocycles. The molecule has 2 heteroatoms. The second-order valence-electron chi connectivity index (χ2n) is 4.73. The molecule has 2 rings (SSSR count). The summed E-state index contributed by atoms with van der Waals surface area (Å²) in [4.78, 5) is 11.8. The smallest absolute Gasteiger partial charge is 0.139 e. The average Bonchev–Trinajstić information content (AvgIpc) is 2.45. The highest BCUT2D eigenvalue weighted by Crippen LogP contribution is 2.50. The molecular weight excluding hydrogens is 164 g/mol. The molecule has 0 bridgehead atoms. The van der Waals surface area contributed by atoms with Crippen molar-refractivity contribution in [3.63, 3.8) is 0 Å². The van der Waals surface area contributed by atoms with Crippen LogP contribution in [0.3, 0.4) is 0 Å². The Labute approximate surface area is 79.7 Å². The number of hydrogen-bond acceptors (Lipinski definition) is 2. The highest BCUT2D eigenvalue weighted by atomic mass is 16.5. The quantitative estimate of drug-likeness (QED) is 0.621. The maximum Gasteiger partial charge on any atom is 0.139 e. The Morgan fingerprint density at radius 2 is 2.31 bits per heavy atom. The SMILES string of the molecule is COC1C[C@H]2CCCC(=O)[C@@]2(C)C1. The molecule has 3 atom stereocenters. The van der Waals surface area contributed by atoms with Gasteiger partial charge in [-0.15, -0.1) is 0 Å². The molecule has 0 aromatic heterocycles. The van der Waals surface area contributed by atoms with E-state index in [0.29, 0.717) is 17.8 Å². The van der Waals surface area contributed by atoms with Crippen LogP contribution in [0, 0.1) is 11.3 Å². The first-order valence-corrected chi connectivity index (χ1v) is 5.23. The van der Waals surface area contributed by atoms with Crippen molar-refractivity contribution in [1.29, 1.82) is 0 Å². The zero-order valence-electron chi connectivity index (χ0n) is 8.51. The van der Waals surface area contributed by atoms with Crippen molar-refractivity contribution in [2.45, 2.75) is 45.1 Å². The highest BCUT2D eigenvalue weighted by Gasteiger charge is 2.50. The standard InChI is InChI=1S/C11H18O2/c1-11-7-9(13-2)6-8(11)4-3-5-10(11)12/h8-9H,3-7H2,1-2H3/t8-,9?,11+/m1/s1. The molecule has 0 N–H and O–H groups in total. The fourth-order valence-corrected chi connectivity index (χ4v) is 3.05. The summed E-state index contributed by atoms with van der Waals surface area (Å²) in [6, 6.07) is 0. The Balaban J connectivity index is 2.18. The summed E-state index contributed by atoms with van der Waals surface area (Å²) in [5.41, 5.74) is -0.0427. The molecule has 0 radical (unpaired) electrons. The van der Waals surface area contributed by atoms with Crippen LogP contribution in [-0.4, -0.2) is 19.0 Å². The average molecular weight is 182 g/mol. The van der Waals surface area contributed by atoms with E-state index in [9.17, 15) is 4.79 Å². The number of Topliss-reactive ketones (excluding diaryl/α,β-unsaturated/α-hetero) is 1. The summed E-state index contributed by atoms with van der Waals surface area (Å²) in [5, 5.41) is 0. The van der Waals surface area contributed by atoms with E-state index in [0.717, 1.165) is 25.7 Å². The second-order valence-corrected chi connectivity index (χ2v) is 4.73. The Morgan fingerprint density at radius 1 is 1.54 bits per heavy atom. The molecule has 0 saturated heterocycles. The fourth-order valence-electron chi connectivity index (χ4n) is 3.05. The molecule has 0 aromatic rings. The molecule has 1 unspecified atom stereocenters. The van der Waals surface area contributed by atoms with E-state index >= 15 is 0 Å². The lowest BCUT2D eigenvalue weighted by Crippen LogP contribution is -2.35. The number of ether oxygens (including phenoxy) is 1. The lowest BCUT2D eigenvalue weighted by molar-refractivity contribution is -0.132. The first-order chi connectivity index (χ1) is 6.16. The number of ketones is 1. The highest BCUT2D eigenvalue weighted by molar-refractivity contribution is 5.85. The minimum absolute atomic E-state index is 0.0427. The van der Waals surface area contributed by atoms with Gasteiger partial charge in [-0.3, -0.25) is 4.79 Å². The molecular formula is C11H18O2. The second kappa shape index (κ2) is 3.09. The molecule has 2 aliphatic carbocycles. The van der Waals surface area contributed by atoms with Crippen LogP contribution in [0.5, 0.6) is 0 Å². The summed E-state index contributed by atoms with van der Waals surface area (Å²) in [5.74, 6) is 1.07. The van der Waals surface area contributed by atoms with E-state index in [4.69, 9.17) is 4.74 Å². The third-order valence-electron chi connectivity index (χ3n) is 4.03. The first kappa shape index (κ1) is 9.20. The van der Waals surface area contributed by atoms with Crippen molar-refractivity contribution in [2.24, 2.45) is 11.3 Å². The molecule has 0 spiro atoms. The van der Waals surface area contributed by atoms with Gasteiger partial charge in [-0.05, 0) is 31.6 Å². The molecule has 74 valence electrons. The van der Waals surface area contributed by atoms with Crippen molar-refractivity contribution in [3.05, 3.63) is 0 Å². The first-order valence-electron chi connectivity index (χ1n) is 5.23. The monoisotopic (exact) mass is 182 g/mol. The van der Waals surface area contributed by atoms with Gasteiger partial charge in [-0.2, -0.15) is 0 Å². The topological polar surface area (TPSA) is 26.3 Å². The van der Waals surface area contributed by atoms with Gasteiger partial charge in [-0.1, -0.05) is 6.92 Å². The Hall–Kier alpha value is -0.370. The third-order valence-corrected chi connectivity index (χ3v) is 4.03. The van der Waals surface area contributed by atoms with Crippen LogP contribution in [0.15, 0.2) is 0 Å². The summed E-state index contributed by atoms with van der Waals surface area (Å²) in [6.07, 6.45) is 5.49. The predicted octanol–water partition coefficient (Wildman–Crippen LogP) is 2.17. The number of carbonyl (C=O) groups excluding carboxylic acids is 1. The van der Waals surface area contributed by atoms with Crippen molar-refractivity contribution in [3.8, 4) is 0 Å². The molecule has 2 aliphatic rings. The number of methoxy groups -OCH3 is 1. The van der Waals surface area contributed by atoms with Gasteiger partial charge in [0.05, 0.1) is 6.10 Å². The number of carbonyl (C=O) groups is 1. The van der Waals surface area contributed by atoms with Crippen LogP contribution >= 0.6 is 0 Å². The normalized spacial score (nSPS) is 44.9. The molecule has 0 amide bonds. The van der Waals surface area contributed by atoms with Gasteiger partial charge in [0.1, 0.15) is 5.78 Å². The molecule has 0 heterocycles. The van der Waals surface area contributed by atoms with Crippen LogP contribution in [0.2, 0.25) is 0 Å². The zero-order chi connectivity index (χ0) is 9.47. The van der Waals surface area contributed by atoms with E-state index in [1.54, 1.807) is 7.11 Å². The Bertz CT molecular complexity index is 224. The Morgan fingerprint density at radius 3 is 2.92 bits per heavy atom. The van der Waals surface area contributed by atoms with Crippen LogP contribution < -0.4 is 0 Å². The van der Waals surface area contributed by atoms with Gasteiger partial charge >= 0.3 is 0 Å². The maximum absolute atomic E-state index is 11.8. The summed E-state index contributed by atoms with van der Waals surface area (Å²) in [7, 11) is 1.76. The van der Waals surface area contributed by atoms with Crippen LogP contribution in [0.25, 0.3) is 0 Å². The van der Waals surface area contributed by atoms with Gasteiger partial charge in [-0.25, -0.2) is 0 Å². The zero-order valence-corrected chi connectivity index (χ0v) is 8.51. The maximum atomic E-state index is 11.8. The van der Waals surface area contributed by atoms with Gasteiger partial charge in [0.2, 0.25) is 0 Å². The summed E-state index contributed by atoms with van der Waals surface area (Å²) in [6.45, 7) is 2.14. The van der Waals surface area contributed by atoms with Crippen LogP contribution in [0.4, 0.5) is 0 Å². The van der Waals surface area contributed by atoms with E-state index < -0.39 is 0 Å². The van der Waals surface area contributed by atoms with E-state index in [1.807, 2.05) is 0 Å². The van der Waals surface area contributed by atoms with Gasteiger partial charge < -0.3 is 4.74 Å². The third kappa shape index (κ3) is 1.32. The predicted molar refractivity (Wildman–Crippen MR) is 50.5 cm³/mol. The van der Waals surface area contributed by atoms with Crippen molar-refractivity contribution < 1.29 is 9.53 Å². The lowest BCUT2D eigenvalue weighted by Gasteiger charge is -2.34. The molecule has 0 aromatic carbocycles. The molecule has 0 aliphatic heterocycles. The fraction of sp³-hybridized carbons (Fsp3) is 0.909.